The second-order valence-electron chi connectivity index (χ2n) is 6.71. The largest absolute Gasteiger partial charge is 0.325 e. The standard InChI is InChI=1S/C14H24N2O/c1-11-15-14(8-3-4-9-14)12(17)16(11)10-13(2)6-5-7-13/h11,15H,3-10H2,1-2H3. The second-order valence-corrected chi connectivity index (χ2v) is 6.71. The fraction of sp³-hybridized carbons (Fsp3) is 0.929. The van der Waals surface area contributed by atoms with Crippen LogP contribution in [0.3, 0.4) is 0 Å². The molecule has 3 rings (SSSR count). The average molecular weight is 236 g/mol. The Hall–Kier alpha value is -0.570. The number of carbonyl (C=O) groups is 1. The lowest BCUT2D eigenvalue weighted by Crippen LogP contribution is -2.46. The normalized spacial score (nSPS) is 34.4. The summed E-state index contributed by atoms with van der Waals surface area (Å²) in [6, 6.07) is 0. The highest BCUT2D eigenvalue weighted by atomic mass is 16.2. The minimum Gasteiger partial charge on any atom is -0.325 e. The van der Waals surface area contributed by atoms with E-state index >= 15 is 0 Å². The molecule has 1 saturated heterocycles. The topological polar surface area (TPSA) is 32.3 Å². The molecule has 96 valence electrons. The summed E-state index contributed by atoms with van der Waals surface area (Å²) in [6.07, 6.45) is 8.65. The molecule has 1 spiro atoms. The molecule has 1 aliphatic heterocycles. The molecule has 1 amide bonds. The SMILES string of the molecule is CC1NC2(CCCC2)C(=O)N1CC1(C)CCC1. The van der Waals surface area contributed by atoms with Crippen molar-refractivity contribution >= 4 is 5.91 Å². The van der Waals surface area contributed by atoms with Crippen molar-refractivity contribution in [3.8, 4) is 0 Å². The zero-order chi connectivity index (χ0) is 12.1. The van der Waals surface area contributed by atoms with Gasteiger partial charge in [-0.3, -0.25) is 10.1 Å². The zero-order valence-corrected chi connectivity index (χ0v) is 11.1. The van der Waals surface area contributed by atoms with Crippen molar-refractivity contribution in [3.05, 3.63) is 0 Å². The van der Waals surface area contributed by atoms with Crippen molar-refractivity contribution in [2.75, 3.05) is 6.54 Å². The fourth-order valence-electron chi connectivity index (χ4n) is 3.89. The van der Waals surface area contributed by atoms with Gasteiger partial charge in [0, 0.05) is 6.54 Å². The summed E-state index contributed by atoms with van der Waals surface area (Å²) >= 11 is 0. The third kappa shape index (κ3) is 1.70. The molecule has 0 bridgehead atoms. The Balaban J connectivity index is 1.74. The predicted octanol–water partition coefficient (Wildman–Crippen LogP) is 2.27. The van der Waals surface area contributed by atoms with Crippen LogP contribution in [-0.2, 0) is 4.79 Å². The van der Waals surface area contributed by atoms with Crippen molar-refractivity contribution in [1.82, 2.24) is 10.2 Å². The van der Waals surface area contributed by atoms with Gasteiger partial charge in [-0.1, -0.05) is 26.2 Å². The van der Waals surface area contributed by atoms with Gasteiger partial charge in [0.1, 0.15) is 0 Å². The zero-order valence-electron chi connectivity index (χ0n) is 11.1. The fourth-order valence-corrected chi connectivity index (χ4v) is 3.89. The van der Waals surface area contributed by atoms with Gasteiger partial charge in [0.15, 0.2) is 0 Å². The third-order valence-electron chi connectivity index (χ3n) is 5.19. The maximum absolute atomic E-state index is 12.6. The number of amides is 1. The van der Waals surface area contributed by atoms with Crippen LogP contribution in [0.2, 0.25) is 0 Å². The minimum atomic E-state index is -0.181. The Kier molecular flexibility index (Phi) is 2.51. The number of nitrogens with zero attached hydrogens (tertiary/aromatic N) is 1. The Morgan fingerprint density at radius 3 is 2.41 bits per heavy atom. The molecule has 3 aliphatic rings. The first-order chi connectivity index (χ1) is 8.05. The number of hydrogen-bond donors (Lipinski definition) is 1. The molecule has 1 unspecified atom stereocenters. The van der Waals surface area contributed by atoms with Crippen LogP contribution in [0.5, 0.6) is 0 Å². The molecule has 0 aromatic rings. The number of carbonyl (C=O) groups excluding carboxylic acids is 1. The maximum Gasteiger partial charge on any atom is 0.244 e. The summed E-state index contributed by atoms with van der Waals surface area (Å²) in [5.41, 5.74) is 0.218. The number of rotatable bonds is 2. The van der Waals surface area contributed by atoms with Crippen LogP contribution in [0, 0.1) is 5.41 Å². The van der Waals surface area contributed by atoms with E-state index in [0.29, 0.717) is 11.3 Å². The van der Waals surface area contributed by atoms with E-state index in [1.807, 2.05) is 0 Å². The first-order valence-corrected chi connectivity index (χ1v) is 7.14. The van der Waals surface area contributed by atoms with Gasteiger partial charge < -0.3 is 4.90 Å². The van der Waals surface area contributed by atoms with Crippen LogP contribution >= 0.6 is 0 Å². The van der Waals surface area contributed by atoms with Crippen LogP contribution in [0.4, 0.5) is 0 Å². The van der Waals surface area contributed by atoms with Crippen molar-refractivity contribution in [2.45, 2.75) is 70.5 Å². The van der Waals surface area contributed by atoms with E-state index in [0.717, 1.165) is 19.4 Å². The predicted molar refractivity (Wildman–Crippen MR) is 67.5 cm³/mol. The van der Waals surface area contributed by atoms with Gasteiger partial charge in [0.25, 0.3) is 0 Å². The molecule has 3 fully saturated rings. The van der Waals surface area contributed by atoms with E-state index in [4.69, 9.17) is 0 Å². The molecule has 17 heavy (non-hydrogen) atoms. The molecule has 1 heterocycles. The van der Waals surface area contributed by atoms with Crippen LogP contribution in [-0.4, -0.2) is 29.1 Å². The van der Waals surface area contributed by atoms with Crippen molar-refractivity contribution in [2.24, 2.45) is 5.41 Å². The van der Waals surface area contributed by atoms with Gasteiger partial charge in [-0.15, -0.1) is 0 Å². The Labute approximate surface area is 104 Å². The molecule has 3 nitrogen and oxygen atoms in total. The quantitative estimate of drug-likeness (QED) is 0.797. The third-order valence-corrected chi connectivity index (χ3v) is 5.19. The first-order valence-electron chi connectivity index (χ1n) is 7.14. The molecule has 0 aromatic carbocycles. The first kappa shape index (κ1) is 11.5. The summed E-state index contributed by atoms with van der Waals surface area (Å²) in [4.78, 5) is 14.7. The molecule has 2 aliphatic carbocycles. The average Bonchev–Trinajstić information content (AvgIpc) is 2.79. The van der Waals surface area contributed by atoms with Crippen molar-refractivity contribution < 1.29 is 4.79 Å². The van der Waals surface area contributed by atoms with Gasteiger partial charge >= 0.3 is 0 Å². The molecular formula is C14H24N2O. The van der Waals surface area contributed by atoms with E-state index in [9.17, 15) is 4.79 Å². The van der Waals surface area contributed by atoms with Gasteiger partial charge in [-0.25, -0.2) is 0 Å². The van der Waals surface area contributed by atoms with E-state index in [1.54, 1.807) is 0 Å². The van der Waals surface area contributed by atoms with Gasteiger partial charge in [-0.2, -0.15) is 0 Å². The van der Waals surface area contributed by atoms with Crippen LogP contribution < -0.4 is 5.32 Å². The van der Waals surface area contributed by atoms with Gasteiger partial charge in [0.2, 0.25) is 5.91 Å². The van der Waals surface area contributed by atoms with Gasteiger partial charge in [0.05, 0.1) is 11.7 Å². The van der Waals surface area contributed by atoms with E-state index in [1.165, 1.54) is 32.1 Å². The van der Waals surface area contributed by atoms with E-state index < -0.39 is 0 Å². The maximum atomic E-state index is 12.6. The smallest absolute Gasteiger partial charge is 0.244 e. The lowest BCUT2D eigenvalue weighted by atomic mass is 9.70. The number of hydrogen-bond acceptors (Lipinski definition) is 2. The lowest BCUT2D eigenvalue weighted by molar-refractivity contribution is -0.135. The number of nitrogens with one attached hydrogen (secondary N) is 1. The highest BCUT2D eigenvalue weighted by Crippen LogP contribution is 2.43. The summed E-state index contributed by atoms with van der Waals surface area (Å²) in [5.74, 6) is 0.385. The Morgan fingerprint density at radius 2 is 1.88 bits per heavy atom. The molecule has 1 atom stereocenters. The van der Waals surface area contributed by atoms with Crippen molar-refractivity contribution in [1.29, 1.82) is 0 Å². The highest BCUT2D eigenvalue weighted by molar-refractivity contribution is 5.89. The molecular weight excluding hydrogens is 212 g/mol. The summed E-state index contributed by atoms with van der Waals surface area (Å²) < 4.78 is 0. The van der Waals surface area contributed by atoms with E-state index in [2.05, 4.69) is 24.1 Å². The highest BCUT2D eigenvalue weighted by Gasteiger charge is 2.52. The van der Waals surface area contributed by atoms with E-state index in [-0.39, 0.29) is 11.7 Å². The molecule has 0 aromatic heterocycles. The minimum absolute atomic E-state index is 0.181. The van der Waals surface area contributed by atoms with Crippen molar-refractivity contribution in [3.63, 3.8) is 0 Å². The Morgan fingerprint density at radius 1 is 1.24 bits per heavy atom. The van der Waals surface area contributed by atoms with Crippen LogP contribution in [0.25, 0.3) is 0 Å². The van der Waals surface area contributed by atoms with Gasteiger partial charge in [-0.05, 0) is 38.0 Å². The molecule has 1 N–H and O–H groups in total. The molecule has 0 radical (unpaired) electrons. The molecule has 3 heteroatoms. The van der Waals surface area contributed by atoms with Crippen LogP contribution in [0.1, 0.15) is 58.8 Å². The monoisotopic (exact) mass is 236 g/mol. The van der Waals surface area contributed by atoms with Crippen LogP contribution in [0.15, 0.2) is 0 Å². The Bertz CT molecular complexity index is 329. The summed E-state index contributed by atoms with van der Waals surface area (Å²) in [7, 11) is 0. The second kappa shape index (κ2) is 3.71. The summed E-state index contributed by atoms with van der Waals surface area (Å²) in [6.45, 7) is 5.44. The molecule has 2 saturated carbocycles. The lowest BCUT2D eigenvalue weighted by Gasteiger charge is -2.42. The summed E-state index contributed by atoms with van der Waals surface area (Å²) in [5, 5.41) is 3.58.